The largest absolute Gasteiger partial charge is 0.282 e. The number of anilines is 1. The Morgan fingerprint density at radius 3 is 2.52 bits per heavy atom. The number of halogens is 1. The Kier molecular flexibility index (Phi) is 4.05. The van der Waals surface area contributed by atoms with Crippen LogP contribution >= 0.6 is 15.9 Å². The molecule has 1 fully saturated rings. The van der Waals surface area contributed by atoms with E-state index in [2.05, 4.69) is 21.4 Å². The van der Waals surface area contributed by atoms with E-state index in [-0.39, 0.29) is 11.5 Å². The van der Waals surface area contributed by atoms with Gasteiger partial charge in [-0.1, -0.05) is 34.1 Å². The number of amides is 2. The minimum absolute atomic E-state index is 0.126. The number of benzene rings is 2. The van der Waals surface area contributed by atoms with Gasteiger partial charge in [-0.3, -0.25) is 15.0 Å². The molecule has 0 aromatic heterocycles. The third kappa shape index (κ3) is 3.05. The molecule has 116 valence electrons. The lowest BCUT2D eigenvalue weighted by molar-refractivity contribution is -0.117. The number of carbonyl (C=O) groups is 2. The third-order valence-electron chi connectivity index (χ3n) is 3.80. The van der Waals surface area contributed by atoms with Gasteiger partial charge in [-0.05, 0) is 60.9 Å². The second-order valence-corrected chi connectivity index (χ2v) is 6.38. The van der Waals surface area contributed by atoms with Crippen LogP contribution in [0.3, 0.4) is 0 Å². The quantitative estimate of drug-likeness (QED) is 0.649. The van der Waals surface area contributed by atoms with E-state index in [1.165, 1.54) is 5.01 Å². The van der Waals surface area contributed by atoms with Gasteiger partial charge in [0.1, 0.15) is 5.57 Å². The van der Waals surface area contributed by atoms with E-state index in [9.17, 15) is 9.59 Å². The molecule has 3 rings (SSSR count). The van der Waals surface area contributed by atoms with Gasteiger partial charge in [0.05, 0.1) is 5.69 Å². The summed E-state index contributed by atoms with van der Waals surface area (Å²) in [5.41, 5.74) is 6.39. The Morgan fingerprint density at radius 1 is 1.04 bits per heavy atom. The molecule has 1 aliphatic rings. The maximum atomic E-state index is 12.6. The molecule has 0 radical (unpaired) electrons. The molecule has 0 spiro atoms. The van der Waals surface area contributed by atoms with Gasteiger partial charge in [0, 0.05) is 4.47 Å². The predicted octanol–water partition coefficient (Wildman–Crippen LogP) is 3.53. The van der Waals surface area contributed by atoms with Gasteiger partial charge in [0.25, 0.3) is 11.8 Å². The van der Waals surface area contributed by atoms with Crippen LogP contribution in [-0.4, -0.2) is 11.8 Å². The molecule has 1 saturated heterocycles. The summed E-state index contributed by atoms with van der Waals surface area (Å²) in [5, 5.41) is 1.29. The van der Waals surface area contributed by atoms with Gasteiger partial charge in [-0.2, -0.15) is 0 Å². The predicted molar refractivity (Wildman–Crippen MR) is 93.7 cm³/mol. The molecule has 2 aromatic rings. The summed E-state index contributed by atoms with van der Waals surface area (Å²) in [6, 6.07) is 13.1. The number of hydrogen-bond acceptors (Lipinski definition) is 2. The Bertz CT molecular complexity index is 843. The summed E-state index contributed by atoms with van der Waals surface area (Å²) >= 11 is 3.38. The molecular formula is C18H15BrN2O2. The number of aryl methyl sites for hydroxylation is 2. The van der Waals surface area contributed by atoms with Crippen molar-refractivity contribution in [2.75, 3.05) is 5.01 Å². The van der Waals surface area contributed by atoms with E-state index in [1.54, 1.807) is 6.08 Å². The number of hydrazine groups is 1. The molecule has 2 aromatic carbocycles. The van der Waals surface area contributed by atoms with Gasteiger partial charge in [0.15, 0.2) is 0 Å². The van der Waals surface area contributed by atoms with Crippen LogP contribution in [0.4, 0.5) is 5.69 Å². The molecule has 0 aliphatic carbocycles. The minimum atomic E-state index is -0.395. The molecule has 5 heteroatoms. The molecule has 4 nitrogen and oxygen atoms in total. The van der Waals surface area contributed by atoms with E-state index < -0.39 is 5.91 Å². The van der Waals surface area contributed by atoms with Crippen LogP contribution in [0.15, 0.2) is 52.5 Å². The first kappa shape index (κ1) is 15.5. The van der Waals surface area contributed by atoms with Gasteiger partial charge in [0.2, 0.25) is 0 Å². The number of hydrogen-bond donors (Lipinski definition) is 1. The maximum Gasteiger partial charge on any atom is 0.282 e. The molecule has 0 saturated carbocycles. The molecule has 23 heavy (non-hydrogen) atoms. The molecule has 1 N–H and O–H groups in total. The van der Waals surface area contributed by atoms with Gasteiger partial charge < -0.3 is 0 Å². The molecule has 0 unspecified atom stereocenters. The van der Waals surface area contributed by atoms with Crippen LogP contribution in [-0.2, 0) is 9.59 Å². The monoisotopic (exact) mass is 370 g/mol. The minimum Gasteiger partial charge on any atom is -0.267 e. The van der Waals surface area contributed by atoms with Crippen molar-refractivity contribution in [3.05, 3.63) is 69.2 Å². The highest BCUT2D eigenvalue weighted by atomic mass is 79.9. The maximum absolute atomic E-state index is 12.6. The van der Waals surface area contributed by atoms with Gasteiger partial charge >= 0.3 is 0 Å². The highest BCUT2D eigenvalue weighted by molar-refractivity contribution is 9.10. The van der Waals surface area contributed by atoms with Crippen LogP contribution in [0.25, 0.3) is 6.08 Å². The van der Waals surface area contributed by atoms with E-state index in [0.29, 0.717) is 5.69 Å². The van der Waals surface area contributed by atoms with Crippen LogP contribution in [0, 0.1) is 13.8 Å². The second kappa shape index (κ2) is 6.01. The topological polar surface area (TPSA) is 49.4 Å². The number of rotatable bonds is 2. The first-order valence-corrected chi connectivity index (χ1v) is 7.95. The van der Waals surface area contributed by atoms with Crippen molar-refractivity contribution in [3.8, 4) is 0 Å². The Balaban J connectivity index is 1.95. The lowest BCUT2D eigenvalue weighted by atomic mass is 10.1. The SMILES string of the molecule is Cc1ccc(N2NC(=O)C(=Cc3cccc(Br)c3)C2=O)cc1C. The average molecular weight is 371 g/mol. The fraction of sp³-hybridized carbons (Fsp3) is 0.111. The van der Waals surface area contributed by atoms with Crippen molar-refractivity contribution < 1.29 is 9.59 Å². The Morgan fingerprint density at radius 2 is 1.83 bits per heavy atom. The molecule has 2 amide bonds. The van der Waals surface area contributed by atoms with Crippen LogP contribution in [0.1, 0.15) is 16.7 Å². The Hall–Kier alpha value is -2.40. The van der Waals surface area contributed by atoms with Crippen molar-refractivity contribution in [2.24, 2.45) is 0 Å². The number of nitrogens with one attached hydrogen (secondary N) is 1. The smallest absolute Gasteiger partial charge is 0.267 e. The normalized spacial score (nSPS) is 16.1. The summed E-state index contributed by atoms with van der Waals surface area (Å²) < 4.78 is 0.892. The standard InChI is InChI=1S/C18H15BrN2O2/c1-11-6-7-15(8-12(11)2)21-18(23)16(17(22)20-21)10-13-4-3-5-14(19)9-13/h3-10H,1-2H3,(H,20,22). The van der Waals surface area contributed by atoms with Crippen molar-refractivity contribution in [2.45, 2.75) is 13.8 Å². The van der Waals surface area contributed by atoms with Gasteiger partial charge in [-0.15, -0.1) is 0 Å². The highest BCUT2D eigenvalue weighted by Gasteiger charge is 2.34. The lowest BCUT2D eigenvalue weighted by Crippen LogP contribution is -2.35. The first-order valence-electron chi connectivity index (χ1n) is 7.15. The summed E-state index contributed by atoms with van der Waals surface area (Å²) in [6.45, 7) is 3.97. The first-order chi connectivity index (χ1) is 11.0. The molecular weight excluding hydrogens is 356 g/mol. The van der Waals surface area contributed by atoms with E-state index in [0.717, 1.165) is 21.2 Å². The lowest BCUT2D eigenvalue weighted by Gasteiger charge is -2.15. The van der Waals surface area contributed by atoms with Crippen molar-refractivity contribution in [3.63, 3.8) is 0 Å². The van der Waals surface area contributed by atoms with E-state index >= 15 is 0 Å². The van der Waals surface area contributed by atoms with Crippen LogP contribution < -0.4 is 10.4 Å². The zero-order chi connectivity index (χ0) is 16.6. The fourth-order valence-electron chi connectivity index (χ4n) is 2.37. The number of carbonyl (C=O) groups excluding carboxylic acids is 2. The summed E-state index contributed by atoms with van der Waals surface area (Å²) in [7, 11) is 0. The van der Waals surface area contributed by atoms with Gasteiger partial charge in [-0.25, -0.2) is 5.01 Å². The second-order valence-electron chi connectivity index (χ2n) is 5.46. The molecule has 1 aliphatic heterocycles. The zero-order valence-electron chi connectivity index (χ0n) is 12.8. The third-order valence-corrected chi connectivity index (χ3v) is 4.29. The number of nitrogens with zero attached hydrogens (tertiary/aromatic N) is 1. The highest BCUT2D eigenvalue weighted by Crippen LogP contribution is 2.24. The molecule has 0 bridgehead atoms. The van der Waals surface area contributed by atoms with Crippen molar-refractivity contribution in [1.29, 1.82) is 0 Å². The van der Waals surface area contributed by atoms with Crippen LogP contribution in [0.5, 0.6) is 0 Å². The van der Waals surface area contributed by atoms with Crippen molar-refractivity contribution in [1.82, 2.24) is 5.43 Å². The van der Waals surface area contributed by atoms with Crippen LogP contribution in [0.2, 0.25) is 0 Å². The molecule has 1 heterocycles. The average Bonchev–Trinajstić information content (AvgIpc) is 2.78. The fourth-order valence-corrected chi connectivity index (χ4v) is 2.78. The van der Waals surface area contributed by atoms with Crippen molar-refractivity contribution >= 4 is 39.5 Å². The summed E-state index contributed by atoms with van der Waals surface area (Å²) in [6.07, 6.45) is 1.60. The van der Waals surface area contributed by atoms with E-state index in [1.807, 2.05) is 56.3 Å². The zero-order valence-corrected chi connectivity index (χ0v) is 14.3. The summed E-state index contributed by atoms with van der Waals surface area (Å²) in [4.78, 5) is 24.7. The molecule has 0 atom stereocenters. The summed E-state index contributed by atoms with van der Waals surface area (Å²) in [5.74, 6) is -0.744. The van der Waals surface area contributed by atoms with E-state index in [4.69, 9.17) is 0 Å². The Labute approximate surface area is 142 Å².